The molecule has 5 heteroatoms. The Kier molecular flexibility index (Phi) is 2.45. The highest BCUT2D eigenvalue weighted by atomic mass is 32.1. The van der Waals surface area contributed by atoms with Crippen molar-refractivity contribution in [3.05, 3.63) is 42.4 Å². The Morgan fingerprint density at radius 2 is 2.00 bits per heavy atom. The Morgan fingerprint density at radius 1 is 1.18 bits per heavy atom. The highest BCUT2D eigenvalue weighted by Crippen LogP contribution is 2.33. The van der Waals surface area contributed by atoms with E-state index in [4.69, 9.17) is 4.52 Å². The third kappa shape index (κ3) is 1.85. The molecule has 0 bridgehead atoms. The normalized spacial score (nSPS) is 10.6. The molecule has 0 saturated heterocycles. The summed E-state index contributed by atoms with van der Waals surface area (Å²) in [5.41, 5.74) is 2.02. The topological polar surface area (TPSA) is 51.8 Å². The zero-order valence-corrected chi connectivity index (χ0v) is 9.94. The van der Waals surface area contributed by atoms with Crippen LogP contribution in [0.4, 0.5) is 0 Å². The molecule has 0 unspecified atom stereocenters. The summed E-state index contributed by atoms with van der Waals surface area (Å²) in [4.78, 5) is 9.51. The van der Waals surface area contributed by atoms with Crippen LogP contribution in [0.1, 0.15) is 5.69 Å². The summed E-state index contributed by atoms with van der Waals surface area (Å²) >= 11 is 1.56. The second-order valence-corrected chi connectivity index (χ2v) is 4.55. The summed E-state index contributed by atoms with van der Waals surface area (Å²) in [6.07, 6.45) is 1.40. The number of thiazole rings is 1. The number of nitrogens with zero attached hydrogens (tertiary/aromatic N) is 3. The number of aromatic nitrogens is 3. The van der Waals surface area contributed by atoms with Crippen molar-refractivity contribution in [2.75, 3.05) is 0 Å². The predicted octanol–water partition coefficient (Wildman–Crippen LogP) is 3.17. The zero-order chi connectivity index (χ0) is 11.7. The van der Waals surface area contributed by atoms with Crippen molar-refractivity contribution in [2.24, 2.45) is 0 Å². The van der Waals surface area contributed by atoms with Crippen LogP contribution in [-0.2, 0) is 0 Å². The van der Waals surface area contributed by atoms with Gasteiger partial charge in [-0.25, -0.2) is 4.98 Å². The van der Waals surface area contributed by atoms with E-state index in [9.17, 15) is 0 Å². The van der Waals surface area contributed by atoms with Crippen molar-refractivity contribution in [3.63, 3.8) is 0 Å². The third-order valence-corrected chi connectivity index (χ3v) is 3.57. The number of rotatable bonds is 2. The van der Waals surface area contributed by atoms with E-state index in [0.29, 0.717) is 5.89 Å². The molecule has 0 aliphatic heterocycles. The lowest BCUT2D eigenvalue weighted by Crippen LogP contribution is -1.77. The lowest BCUT2D eigenvalue weighted by Gasteiger charge is -1.92. The SMILES string of the molecule is Cc1nc(-c2ccccc2)sc1-c1ncno1. The molecule has 3 rings (SSSR count). The molecule has 0 radical (unpaired) electrons. The van der Waals surface area contributed by atoms with Gasteiger partial charge in [0.2, 0.25) is 0 Å². The van der Waals surface area contributed by atoms with E-state index in [0.717, 1.165) is 21.1 Å². The first-order chi connectivity index (χ1) is 8.34. The van der Waals surface area contributed by atoms with Crippen LogP contribution < -0.4 is 0 Å². The minimum atomic E-state index is 0.530. The maximum Gasteiger partial charge on any atom is 0.269 e. The number of hydrogen-bond donors (Lipinski definition) is 0. The van der Waals surface area contributed by atoms with Crippen molar-refractivity contribution >= 4 is 11.3 Å². The smallest absolute Gasteiger partial charge is 0.269 e. The molecular weight excluding hydrogens is 234 g/mol. The van der Waals surface area contributed by atoms with Gasteiger partial charge >= 0.3 is 0 Å². The molecule has 0 aliphatic carbocycles. The molecule has 4 nitrogen and oxygen atoms in total. The Bertz CT molecular complexity index is 617. The van der Waals surface area contributed by atoms with Gasteiger partial charge in [0.05, 0.1) is 5.69 Å². The second kappa shape index (κ2) is 4.10. The van der Waals surface area contributed by atoms with Crippen LogP contribution in [0.2, 0.25) is 0 Å². The van der Waals surface area contributed by atoms with Crippen molar-refractivity contribution in [1.29, 1.82) is 0 Å². The van der Waals surface area contributed by atoms with E-state index in [2.05, 4.69) is 15.1 Å². The first kappa shape index (κ1) is 10.2. The quantitative estimate of drug-likeness (QED) is 0.693. The van der Waals surface area contributed by atoms with Gasteiger partial charge in [-0.05, 0) is 6.92 Å². The highest BCUT2D eigenvalue weighted by molar-refractivity contribution is 7.18. The second-order valence-electron chi connectivity index (χ2n) is 3.55. The fourth-order valence-corrected chi connectivity index (χ4v) is 2.57. The number of hydrogen-bond acceptors (Lipinski definition) is 5. The van der Waals surface area contributed by atoms with E-state index in [1.165, 1.54) is 6.33 Å². The average Bonchev–Trinajstić information content (AvgIpc) is 2.99. The lowest BCUT2D eigenvalue weighted by atomic mass is 10.2. The predicted molar refractivity (Wildman–Crippen MR) is 65.6 cm³/mol. The molecule has 3 aromatic rings. The van der Waals surface area contributed by atoms with Crippen LogP contribution in [0.25, 0.3) is 21.3 Å². The first-order valence-corrected chi connectivity index (χ1v) is 5.96. The standard InChI is InChI=1S/C12H9N3OS/c1-8-10(11-13-7-14-16-11)17-12(15-8)9-5-3-2-4-6-9/h2-7H,1H3. The third-order valence-electron chi connectivity index (χ3n) is 2.37. The van der Waals surface area contributed by atoms with Gasteiger partial charge in [0, 0.05) is 5.56 Å². The summed E-state index contributed by atoms with van der Waals surface area (Å²) in [6.45, 7) is 1.95. The van der Waals surface area contributed by atoms with Gasteiger partial charge in [-0.2, -0.15) is 4.98 Å². The molecule has 0 aliphatic rings. The Hall–Kier alpha value is -2.01. The van der Waals surface area contributed by atoms with Gasteiger partial charge in [-0.1, -0.05) is 35.5 Å². The van der Waals surface area contributed by atoms with Crippen LogP contribution in [0.3, 0.4) is 0 Å². The van der Waals surface area contributed by atoms with E-state index >= 15 is 0 Å². The van der Waals surface area contributed by atoms with E-state index in [-0.39, 0.29) is 0 Å². The van der Waals surface area contributed by atoms with E-state index in [1.807, 2.05) is 37.3 Å². The van der Waals surface area contributed by atoms with E-state index < -0.39 is 0 Å². The minimum absolute atomic E-state index is 0.530. The molecule has 0 spiro atoms. The van der Waals surface area contributed by atoms with Crippen molar-refractivity contribution in [1.82, 2.24) is 15.1 Å². The number of benzene rings is 1. The van der Waals surface area contributed by atoms with Gasteiger partial charge in [-0.15, -0.1) is 11.3 Å². The molecule has 2 heterocycles. The average molecular weight is 243 g/mol. The summed E-state index contributed by atoms with van der Waals surface area (Å²) < 4.78 is 5.06. The lowest BCUT2D eigenvalue weighted by molar-refractivity contribution is 0.430. The first-order valence-electron chi connectivity index (χ1n) is 5.14. The molecule has 84 valence electrons. The highest BCUT2D eigenvalue weighted by Gasteiger charge is 2.14. The van der Waals surface area contributed by atoms with Gasteiger partial charge in [0.1, 0.15) is 9.88 Å². The van der Waals surface area contributed by atoms with Gasteiger partial charge in [0.25, 0.3) is 5.89 Å². The van der Waals surface area contributed by atoms with Crippen LogP contribution in [0.5, 0.6) is 0 Å². The van der Waals surface area contributed by atoms with E-state index in [1.54, 1.807) is 11.3 Å². The van der Waals surface area contributed by atoms with Gasteiger partial charge in [-0.3, -0.25) is 0 Å². The van der Waals surface area contributed by atoms with Crippen molar-refractivity contribution in [3.8, 4) is 21.3 Å². The molecule has 0 saturated carbocycles. The Balaban J connectivity index is 2.08. The monoisotopic (exact) mass is 243 g/mol. The molecule has 1 aromatic carbocycles. The van der Waals surface area contributed by atoms with Crippen LogP contribution >= 0.6 is 11.3 Å². The van der Waals surface area contributed by atoms with Gasteiger partial charge in [0.15, 0.2) is 6.33 Å². The molecule has 0 atom stereocenters. The molecular formula is C12H9N3OS. The fraction of sp³-hybridized carbons (Fsp3) is 0.0833. The fourth-order valence-electron chi connectivity index (χ4n) is 1.57. The van der Waals surface area contributed by atoms with Crippen LogP contribution in [-0.4, -0.2) is 15.1 Å². The van der Waals surface area contributed by atoms with Crippen molar-refractivity contribution in [2.45, 2.75) is 6.92 Å². The molecule has 0 amide bonds. The Morgan fingerprint density at radius 3 is 2.71 bits per heavy atom. The maximum absolute atomic E-state index is 5.06. The minimum Gasteiger partial charge on any atom is -0.333 e. The number of aryl methyl sites for hydroxylation is 1. The molecule has 0 N–H and O–H groups in total. The molecule has 17 heavy (non-hydrogen) atoms. The molecule has 0 fully saturated rings. The van der Waals surface area contributed by atoms with Crippen LogP contribution in [0.15, 0.2) is 41.2 Å². The van der Waals surface area contributed by atoms with Crippen molar-refractivity contribution < 1.29 is 4.52 Å². The summed E-state index contributed by atoms with van der Waals surface area (Å²) in [5, 5.41) is 4.58. The van der Waals surface area contributed by atoms with Gasteiger partial charge < -0.3 is 4.52 Å². The Labute approximate surface area is 102 Å². The summed E-state index contributed by atoms with van der Waals surface area (Å²) in [5.74, 6) is 0.530. The zero-order valence-electron chi connectivity index (χ0n) is 9.12. The molecule has 2 aromatic heterocycles. The summed E-state index contributed by atoms with van der Waals surface area (Å²) in [6, 6.07) is 10.1. The largest absolute Gasteiger partial charge is 0.333 e. The summed E-state index contributed by atoms with van der Waals surface area (Å²) in [7, 11) is 0. The maximum atomic E-state index is 5.06. The van der Waals surface area contributed by atoms with Crippen LogP contribution in [0, 0.1) is 6.92 Å².